The average molecular weight is 258 g/mol. The Labute approximate surface area is 90.2 Å². The zero-order chi connectivity index (χ0) is 7.71. The van der Waals surface area contributed by atoms with E-state index in [1.807, 2.05) is 0 Å². The van der Waals surface area contributed by atoms with Gasteiger partial charge in [0.1, 0.15) is 0 Å². The van der Waals surface area contributed by atoms with Gasteiger partial charge in [-0.15, -0.1) is 0 Å². The van der Waals surface area contributed by atoms with Gasteiger partial charge >= 0.3 is 65.5 Å². The first-order valence-corrected chi connectivity index (χ1v) is 5.60. The van der Waals surface area contributed by atoms with Gasteiger partial charge in [0, 0.05) is 0 Å². The van der Waals surface area contributed by atoms with Gasteiger partial charge in [-0.2, -0.15) is 0 Å². The van der Waals surface area contributed by atoms with Crippen molar-refractivity contribution >= 4 is 15.4 Å². The zero-order valence-corrected chi connectivity index (χ0v) is 11.9. The molecule has 0 aromatic rings. The Balaban J connectivity index is -0.000000320. The Kier molecular flexibility index (Phi) is 9.36. The molecule has 0 aliphatic carbocycles. The van der Waals surface area contributed by atoms with Gasteiger partial charge in [0.15, 0.2) is 0 Å². The van der Waals surface area contributed by atoms with Crippen LogP contribution in [0.15, 0.2) is 0 Å². The molecule has 0 unspecified atom stereocenters. The van der Waals surface area contributed by atoms with Crippen molar-refractivity contribution in [1.82, 2.24) is 0 Å². The van der Waals surface area contributed by atoms with Crippen molar-refractivity contribution in [3.8, 4) is 0 Å². The Hall–Kier alpha value is 1.12. The predicted octanol–water partition coefficient (Wildman–Crippen LogP) is -2.86. The summed E-state index contributed by atoms with van der Waals surface area (Å²) in [6.45, 7) is 14.1. The van der Waals surface area contributed by atoms with Crippen LogP contribution in [0.3, 0.4) is 0 Å². The SMILES string of the molecule is C[C](C)(C)[Ge+2][C](C)(C)C.[Cl-].[Cl-]. The van der Waals surface area contributed by atoms with E-state index in [1.165, 1.54) is 0 Å². The molecule has 68 valence electrons. The van der Waals surface area contributed by atoms with Gasteiger partial charge in [-0.1, -0.05) is 0 Å². The quantitative estimate of drug-likeness (QED) is 0.410. The molecule has 0 rings (SSSR count). The minimum atomic E-state index is 0. The smallest absolute Gasteiger partial charge is 1.00 e. The van der Waals surface area contributed by atoms with E-state index in [0.717, 1.165) is 0 Å². The van der Waals surface area contributed by atoms with Crippen molar-refractivity contribution in [2.24, 2.45) is 0 Å². The van der Waals surface area contributed by atoms with E-state index in [4.69, 9.17) is 0 Å². The minimum absolute atomic E-state index is 0. The van der Waals surface area contributed by atoms with Crippen LogP contribution in [0.1, 0.15) is 41.5 Å². The van der Waals surface area contributed by atoms with Crippen molar-refractivity contribution in [1.29, 1.82) is 0 Å². The van der Waals surface area contributed by atoms with Crippen molar-refractivity contribution in [2.75, 3.05) is 0 Å². The number of rotatable bonds is 0. The fraction of sp³-hybridized carbons (Fsp3) is 1.00. The Morgan fingerprint density at radius 2 is 0.818 bits per heavy atom. The normalized spacial score (nSPS) is 10.7. The fourth-order valence-corrected chi connectivity index (χ4v) is 5.85. The molecule has 0 radical (unpaired) electrons. The molecule has 0 aliphatic rings. The molecule has 0 saturated carbocycles. The molecular formula is C8H18Cl2Ge. The summed E-state index contributed by atoms with van der Waals surface area (Å²) in [4.78, 5) is 0. The van der Waals surface area contributed by atoms with E-state index in [2.05, 4.69) is 41.5 Å². The summed E-state index contributed by atoms with van der Waals surface area (Å²) in [5, 5.41) is 0. The minimum Gasteiger partial charge on any atom is -1.00 e. The molecule has 0 nitrogen and oxygen atoms in total. The van der Waals surface area contributed by atoms with E-state index in [-0.39, 0.29) is 40.2 Å². The van der Waals surface area contributed by atoms with Gasteiger partial charge in [0.2, 0.25) is 0 Å². The standard InChI is InChI=1S/C8H18Ge.2ClH/c1-7(2,3)9-8(4,5)6;;/h1-6H3;2*1H/q+2;;/p-2. The van der Waals surface area contributed by atoms with Crippen molar-refractivity contribution in [3.05, 3.63) is 0 Å². The predicted molar refractivity (Wildman–Crippen MR) is 45.2 cm³/mol. The Bertz CT molecular complexity index is 77.2. The van der Waals surface area contributed by atoms with E-state index in [9.17, 15) is 0 Å². The molecule has 0 N–H and O–H groups in total. The maximum atomic E-state index is 2.35. The summed E-state index contributed by atoms with van der Waals surface area (Å²) in [6.07, 6.45) is 0. The van der Waals surface area contributed by atoms with Gasteiger partial charge in [-0.3, -0.25) is 0 Å². The molecule has 0 fully saturated rings. The maximum Gasteiger partial charge on any atom is -1.00 e. The van der Waals surface area contributed by atoms with Gasteiger partial charge in [0.05, 0.1) is 0 Å². The molecule has 0 aliphatic heterocycles. The zero-order valence-electron chi connectivity index (χ0n) is 8.26. The van der Waals surface area contributed by atoms with Crippen LogP contribution in [-0.2, 0) is 0 Å². The molecule has 0 heterocycles. The molecule has 0 saturated heterocycles. The van der Waals surface area contributed by atoms with E-state index in [0.29, 0.717) is 8.49 Å². The Morgan fingerprint density at radius 3 is 0.818 bits per heavy atom. The second-order valence-electron chi connectivity index (χ2n) is 4.62. The molecule has 0 bridgehead atoms. The third-order valence-electron chi connectivity index (χ3n) is 0.750. The number of halogens is 2. The summed E-state index contributed by atoms with van der Waals surface area (Å²) in [5.41, 5.74) is 0. The van der Waals surface area contributed by atoms with Crippen LogP contribution in [-0.4, -0.2) is 15.4 Å². The van der Waals surface area contributed by atoms with Crippen molar-refractivity contribution < 1.29 is 24.8 Å². The summed E-state index contributed by atoms with van der Waals surface area (Å²) >= 11 is 0.208. The maximum absolute atomic E-state index is 2.35. The van der Waals surface area contributed by atoms with Crippen molar-refractivity contribution in [3.63, 3.8) is 0 Å². The van der Waals surface area contributed by atoms with E-state index >= 15 is 0 Å². The summed E-state index contributed by atoms with van der Waals surface area (Å²) in [5.74, 6) is 0. The molecule has 11 heavy (non-hydrogen) atoms. The molecule has 0 spiro atoms. The Morgan fingerprint density at radius 1 is 0.636 bits per heavy atom. The average Bonchev–Trinajstić information content (AvgIpc) is 1.14. The molecule has 3 heteroatoms. The molecule has 0 aromatic carbocycles. The molecular weight excluding hydrogens is 240 g/mol. The summed E-state index contributed by atoms with van der Waals surface area (Å²) in [7, 11) is 0. The second kappa shape index (κ2) is 5.71. The van der Waals surface area contributed by atoms with Crippen LogP contribution < -0.4 is 24.8 Å². The van der Waals surface area contributed by atoms with Crippen molar-refractivity contribution in [2.45, 2.75) is 50.0 Å². The first kappa shape index (κ1) is 18.0. The number of hydrogen-bond acceptors (Lipinski definition) is 0. The monoisotopic (exact) mass is 258 g/mol. The van der Waals surface area contributed by atoms with Crippen LogP contribution in [0.2, 0.25) is 8.49 Å². The summed E-state index contributed by atoms with van der Waals surface area (Å²) in [6, 6.07) is 0. The van der Waals surface area contributed by atoms with Crippen LogP contribution in [0.25, 0.3) is 0 Å². The molecule has 0 atom stereocenters. The topological polar surface area (TPSA) is 0 Å². The summed E-state index contributed by atoms with van der Waals surface area (Å²) < 4.78 is 1.22. The largest absolute Gasteiger partial charge is 1.00 e. The number of hydrogen-bond donors (Lipinski definition) is 0. The van der Waals surface area contributed by atoms with E-state index < -0.39 is 0 Å². The van der Waals surface area contributed by atoms with Crippen LogP contribution in [0.5, 0.6) is 0 Å². The van der Waals surface area contributed by atoms with Gasteiger partial charge < -0.3 is 24.8 Å². The van der Waals surface area contributed by atoms with Crippen LogP contribution in [0.4, 0.5) is 0 Å². The third-order valence-corrected chi connectivity index (χ3v) is 3.90. The van der Waals surface area contributed by atoms with Crippen LogP contribution in [0, 0.1) is 0 Å². The fourth-order valence-electron chi connectivity index (χ4n) is 1.12. The molecule has 0 amide bonds. The van der Waals surface area contributed by atoms with Gasteiger partial charge in [0.25, 0.3) is 0 Å². The third kappa shape index (κ3) is 18.2. The first-order valence-electron chi connectivity index (χ1n) is 3.50. The first-order chi connectivity index (χ1) is 3.71. The van der Waals surface area contributed by atoms with Gasteiger partial charge in [-0.25, -0.2) is 0 Å². The molecule has 0 aromatic heterocycles. The van der Waals surface area contributed by atoms with Gasteiger partial charge in [-0.05, 0) is 0 Å². The van der Waals surface area contributed by atoms with E-state index in [1.54, 1.807) is 0 Å². The second-order valence-corrected chi connectivity index (χ2v) is 11.4. The van der Waals surface area contributed by atoms with Crippen LogP contribution >= 0.6 is 0 Å².